The lowest BCUT2D eigenvalue weighted by atomic mass is 9.66. The number of benzene rings is 2. The molecule has 4 rings (SSSR count). The minimum Gasteiger partial charge on any atom is -0.355 e. The van der Waals surface area contributed by atoms with Crippen LogP contribution in [-0.4, -0.2) is 31.7 Å². The van der Waals surface area contributed by atoms with Crippen molar-refractivity contribution < 1.29 is 9.59 Å². The van der Waals surface area contributed by atoms with Gasteiger partial charge in [0.2, 0.25) is 0 Å². The number of halogens is 1. The molecule has 1 saturated carbocycles. The minimum absolute atomic E-state index is 0.142. The molecule has 2 aliphatic rings. The summed E-state index contributed by atoms with van der Waals surface area (Å²) in [6, 6.07) is 11.2. The number of fused-ring (bicyclic) bond motifs is 1. The molecule has 0 aromatic heterocycles. The first-order chi connectivity index (χ1) is 15.5. The van der Waals surface area contributed by atoms with Crippen molar-refractivity contribution in [2.75, 3.05) is 19.4 Å². The van der Waals surface area contributed by atoms with Crippen LogP contribution in [0, 0.1) is 5.41 Å². The van der Waals surface area contributed by atoms with E-state index in [0.717, 1.165) is 42.6 Å². The molecule has 7 heteroatoms. The van der Waals surface area contributed by atoms with Crippen molar-refractivity contribution in [2.45, 2.75) is 45.1 Å². The Morgan fingerprint density at radius 2 is 1.72 bits per heavy atom. The predicted molar refractivity (Wildman–Crippen MR) is 129 cm³/mol. The van der Waals surface area contributed by atoms with Crippen molar-refractivity contribution in [3.63, 3.8) is 0 Å². The number of hydrogen-bond donors (Lipinski definition) is 3. The number of amidine groups is 1. The molecule has 2 aromatic carbocycles. The number of rotatable bonds is 4. The Bertz CT molecular complexity index is 1070. The van der Waals surface area contributed by atoms with Gasteiger partial charge in [-0.1, -0.05) is 43.0 Å². The van der Waals surface area contributed by atoms with E-state index < -0.39 is 0 Å². The van der Waals surface area contributed by atoms with Crippen LogP contribution in [0.2, 0.25) is 5.02 Å². The van der Waals surface area contributed by atoms with E-state index >= 15 is 0 Å². The van der Waals surface area contributed by atoms with E-state index in [2.05, 4.69) is 16.0 Å². The van der Waals surface area contributed by atoms with Crippen LogP contribution in [0.15, 0.2) is 41.4 Å². The molecule has 168 valence electrons. The van der Waals surface area contributed by atoms with E-state index in [1.54, 1.807) is 26.2 Å². The van der Waals surface area contributed by atoms with Gasteiger partial charge in [0.25, 0.3) is 11.8 Å². The monoisotopic (exact) mass is 452 g/mol. The molecular formula is C25H29ClN4O2. The van der Waals surface area contributed by atoms with Gasteiger partial charge in [0.15, 0.2) is 0 Å². The number of carbonyl (C=O) groups is 2. The Morgan fingerprint density at radius 3 is 2.41 bits per heavy atom. The molecule has 0 saturated heterocycles. The number of aliphatic imine (C=N–C) groups is 1. The van der Waals surface area contributed by atoms with Crippen LogP contribution in [0.4, 0.5) is 5.69 Å². The van der Waals surface area contributed by atoms with E-state index in [-0.39, 0.29) is 17.2 Å². The summed E-state index contributed by atoms with van der Waals surface area (Å²) in [7, 11) is 3.24. The summed E-state index contributed by atoms with van der Waals surface area (Å²) < 4.78 is 0. The smallest absolute Gasteiger partial charge is 0.253 e. The standard InChI is InChI=1S/C25H29ClN4O2/c1-27-22(31)18-9-10-19(23(32)28-2)21-20(18)14-25(11-4-3-5-12-25)24(30-21)29-15-16-7-6-8-17(26)13-16/h6-10,13H,3-5,11-12,14-15H2,1-2H3,(H,27,31)(H,28,32)(H,29,30). The highest BCUT2D eigenvalue weighted by atomic mass is 35.5. The van der Waals surface area contributed by atoms with Crippen molar-refractivity contribution in [2.24, 2.45) is 10.4 Å². The van der Waals surface area contributed by atoms with Gasteiger partial charge in [0.05, 0.1) is 17.8 Å². The van der Waals surface area contributed by atoms with Crippen molar-refractivity contribution in [1.82, 2.24) is 10.6 Å². The summed E-state index contributed by atoms with van der Waals surface area (Å²) in [6.45, 7) is 0.504. The second-order valence-electron chi connectivity index (χ2n) is 8.61. The van der Waals surface area contributed by atoms with Gasteiger partial charge in [-0.3, -0.25) is 14.6 Å². The molecule has 0 radical (unpaired) electrons. The molecule has 1 spiro atoms. The highest BCUT2D eigenvalue weighted by Crippen LogP contribution is 2.47. The lowest BCUT2D eigenvalue weighted by molar-refractivity contribution is 0.0950. The number of nitrogens with one attached hydrogen (secondary N) is 3. The maximum absolute atomic E-state index is 12.6. The highest BCUT2D eigenvalue weighted by Gasteiger charge is 2.43. The second kappa shape index (κ2) is 9.33. The topological polar surface area (TPSA) is 82.6 Å². The van der Waals surface area contributed by atoms with Crippen LogP contribution < -0.4 is 16.0 Å². The van der Waals surface area contributed by atoms with Gasteiger partial charge < -0.3 is 16.0 Å². The summed E-state index contributed by atoms with van der Waals surface area (Å²) in [5, 5.41) is 9.66. The zero-order valence-electron chi connectivity index (χ0n) is 18.6. The van der Waals surface area contributed by atoms with E-state index in [1.165, 1.54) is 6.42 Å². The number of carbonyl (C=O) groups excluding carboxylic acids is 2. The van der Waals surface area contributed by atoms with Crippen LogP contribution in [0.5, 0.6) is 0 Å². The van der Waals surface area contributed by atoms with Gasteiger partial charge in [-0.05, 0) is 54.7 Å². The molecule has 1 fully saturated rings. The summed E-state index contributed by atoms with van der Waals surface area (Å²) in [5.74, 6) is 0.576. The Hall–Kier alpha value is -2.86. The maximum Gasteiger partial charge on any atom is 0.253 e. The third-order valence-electron chi connectivity index (χ3n) is 6.64. The largest absolute Gasteiger partial charge is 0.355 e. The van der Waals surface area contributed by atoms with E-state index in [9.17, 15) is 9.59 Å². The average molecular weight is 453 g/mol. The minimum atomic E-state index is -0.189. The molecule has 1 heterocycles. The van der Waals surface area contributed by atoms with Gasteiger partial charge in [0, 0.05) is 30.1 Å². The van der Waals surface area contributed by atoms with Crippen molar-refractivity contribution in [3.05, 3.63) is 63.7 Å². The Morgan fingerprint density at radius 1 is 1.03 bits per heavy atom. The van der Waals surface area contributed by atoms with Gasteiger partial charge in [0.1, 0.15) is 5.84 Å². The number of amides is 2. The fraction of sp³-hybridized carbons (Fsp3) is 0.400. The van der Waals surface area contributed by atoms with E-state index in [0.29, 0.717) is 34.8 Å². The first kappa shape index (κ1) is 22.3. The fourth-order valence-electron chi connectivity index (χ4n) is 4.97. The molecule has 3 N–H and O–H groups in total. The second-order valence-corrected chi connectivity index (χ2v) is 9.05. The lowest BCUT2D eigenvalue weighted by Crippen LogP contribution is -2.45. The molecule has 0 atom stereocenters. The zero-order chi connectivity index (χ0) is 22.7. The maximum atomic E-state index is 12.6. The van der Waals surface area contributed by atoms with Crippen molar-refractivity contribution in [3.8, 4) is 0 Å². The first-order valence-electron chi connectivity index (χ1n) is 11.1. The average Bonchev–Trinajstić information content (AvgIpc) is 2.81. The van der Waals surface area contributed by atoms with E-state index in [1.807, 2.05) is 24.3 Å². The fourth-order valence-corrected chi connectivity index (χ4v) is 5.19. The Labute approximate surface area is 193 Å². The van der Waals surface area contributed by atoms with E-state index in [4.69, 9.17) is 16.6 Å². The SMILES string of the molecule is CNC(=O)c1ccc(C(=O)NC)c2c1CC1(CCCCC1)C(=NCc1cccc(Cl)c1)N2. The molecule has 1 aliphatic carbocycles. The molecule has 2 aromatic rings. The van der Waals surface area contributed by atoms with Crippen LogP contribution >= 0.6 is 11.6 Å². The Balaban J connectivity index is 1.82. The normalized spacial score (nSPS) is 18.0. The van der Waals surface area contributed by atoms with Gasteiger partial charge >= 0.3 is 0 Å². The van der Waals surface area contributed by atoms with Crippen molar-refractivity contribution in [1.29, 1.82) is 0 Å². The zero-order valence-corrected chi connectivity index (χ0v) is 19.3. The third kappa shape index (κ3) is 4.24. The summed E-state index contributed by atoms with van der Waals surface area (Å²) in [4.78, 5) is 30.3. The molecule has 1 aliphatic heterocycles. The lowest BCUT2D eigenvalue weighted by Gasteiger charge is -2.43. The van der Waals surface area contributed by atoms with Gasteiger partial charge in [-0.15, -0.1) is 0 Å². The molecule has 32 heavy (non-hydrogen) atoms. The molecular weight excluding hydrogens is 424 g/mol. The van der Waals surface area contributed by atoms with Gasteiger partial charge in [-0.25, -0.2) is 0 Å². The molecule has 0 unspecified atom stereocenters. The predicted octanol–water partition coefficient (Wildman–Crippen LogP) is 4.58. The van der Waals surface area contributed by atoms with Crippen molar-refractivity contribution >= 4 is 34.9 Å². The van der Waals surface area contributed by atoms with Crippen LogP contribution in [0.3, 0.4) is 0 Å². The quantitative estimate of drug-likeness (QED) is 0.635. The summed E-state index contributed by atoms with van der Waals surface area (Å²) in [6.07, 6.45) is 6.15. The number of anilines is 1. The Kier molecular flexibility index (Phi) is 6.51. The molecule has 2 amide bonds. The third-order valence-corrected chi connectivity index (χ3v) is 6.87. The highest BCUT2D eigenvalue weighted by molar-refractivity contribution is 6.30. The number of nitrogens with zero attached hydrogens (tertiary/aromatic N) is 1. The van der Waals surface area contributed by atoms with Crippen LogP contribution in [0.25, 0.3) is 0 Å². The molecule has 0 bridgehead atoms. The summed E-state index contributed by atoms with van der Waals surface area (Å²) in [5.41, 5.74) is 3.60. The van der Waals surface area contributed by atoms with Gasteiger partial charge in [-0.2, -0.15) is 0 Å². The summed E-state index contributed by atoms with van der Waals surface area (Å²) >= 11 is 6.16. The first-order valence-corrected chi connectivity index (χ1v) is 11.5. The molecule has 6 nitrogen and oxygen atoms in total. The number of hydrogen-bond acceptors (Lipinski definition) is 3. The van der Waals surface area contributed by atoms with Crippen LogP contribution in [-0.2, 0) is 13.0 Å². The van der Waals surface area contributed by atoms with Crippen LogP contribution in [0.1, 0.15) is 63.9 Å².